The molecule has 0 amide bonds. The van der Waals surface area contributed by atoms with E-state index in [0.29, 0.717) is 0 Å². The lowest BCUT2D eigenvalue weighted by atomic mass is 10.1. The number of phenolic OH excluding ortho intramolecular Hbond substituents is 2. The third-order valence-electron chi connectivity index (χ3n) is 2.79. The zero-order valence-electron chi connectivity index (χ0n) is 9.91. The first-order chi connectivity index (χ1) is 9.24. The summed E-state index contributed by atoms with van der Waals surface area (Å²) in [5.41, 5.74) is 1.93. The lowest BCUT2D eigenvalue weighted by Gasteiger charge is -1.99. The molecule has 0 aliphatic heterocycles. The summed E-state index contributed by atoms with van der Waals surface area (Å²) in [7, 11) is 3.30. The molecule has 0 bridgehead atoms. The fourth-order valence-corrected chi connectivity index (χ4v) is 4.31. The number of aromatic hydroxyl groups is 2. The lowest BCUT2D eigenvalue weighted by Crippen LogP contribution is -1.75. The highest BCUT2D eigenvalue weighted by Gasteiger charge is 2.18. The lowest BCUT2D eigenvalue weighted by molar-refractivity contribution is 0.452. The molecule has 0 atom stereocenters. The molecule has 3 aromatic rings. The summed E-state index contributed by atoms with van der Waals surface area (Å²) in [6, 6.07) is 16.9. The van der Waals surface area contributed by atoms with Gasteiger partial charge in [-0.05, 0) is 24.3 Å². The van der Waals surface area contributed by atoms with Crippen molar-refractivity contribution in [1.29, 1.82) is 0 Å². The van der Waals surface area contributed by atoms with E-state index in [1.807, 2.05) is 18.2 Å². The van der Waals surface area contributed by atoms with Crippen molar-refractivity contribution in [3.63, 3.8) is 0 Å². The maximum atomic E-state index is 9.88. The van der Waals surface area contributed by atoms with Crippen LogP contribution >= 0.6 is 20.7 Å². The van der Waals surface area contributed by atoms with Gasteiger partial charge in [0.1, 0.15) is 16.4 Å². The van der Waals surface area contributed by atoms with Crippen molar-refractivity contribution in [1.82, 2.24) is 0 Å². The van der Waals surface area contributed by atoms with E-state index in [1.165, 1.54) is 16.5 Å². The molecule has 0 saturated heterocycles. The number of hydrogen-bond acceptors (Lipinski definition) is 3. The molecule has 0 aliphatic carbocycles. The van der Waals surface area contributed by atoms with Crippen LogP contribution in [0, 0.1) is 0 Å². The van der Waals surface area contributed by atoms with E-state index in [2.05, 4.69) is 18.2 Å². The molecule has 0 spiro atoms. The molecule has 0 saturated carbocycles. The zero-order chi connectivity index (χ0) is 13.2. The summed E-state index contributed by atoms with van der Waals surface area (Å²) < 4.78 is 0. The number of rotatable bonds is 2. The minimum Gasteiger partial charge on any atom is -0.508 e. The van der Waals surface area contributed by atoms with E-state index in [9.17, 15) is 10.2 Å². The first-order valence-corrected chi connectivity index (χ1v) is 7.90. The van der Waals surface area contributed by atoms with Gasteiger partial charge in [0.15, 0.2) is 10.3 Å². The molecular formula is C15H11O2S2+. The van der Waals surface area contributed by atoms with Crippen LogP contribution in [0.4, 0.5) is 0 Å². The Hall–Kier alpha value is -1.91. The van der Waals surface area contributed by atoms with Gasteiger partial charge in [0.05, 0.1) is 0 Å². The zero-order valence-corrected chi connectivity index (χ0v) is 11.5. The Kier molecular flexibility index (Phi) is 3.19. The minimum absolute atomic E-state index is 0.0739. The molecular weight excluding hydrogens is 276 g/mol. The van der Waals surface area contributed by atoms with E-state index in [1.54, 1.807) is 32.8 Å². The van der Waals surface area contributed by atoms with E-state index < -0.39 is 0 Å². The van der Waals surface area contributed by atoms with Crippen LogP contribution in [0.1, 0.15) is 0 Å². The first-order valence-electron chi connectivity index (χ1n) is 5.75. The Labute approximate surface area is 118 Å². The number of benzene rings is 2. The van der Waals surface area contributed by atoms with Crippen molar-refractivity contribution in [2.75, 3.05) is 0 Å². The third kappa shape index (κ3) is 2.45. The van der Waals surface area contributed by atoms with Gasteiger partial charge in [-0.2, -0.15) is 0 Å². The highest BCUT2D eigenvalue weighted by molar-refractivity contribution is 7.72. The van der Waals surface area contributed by atoms with Crippen molar-refractivity contribution in [3.8, 4) is 32.4 Å². The molecule has 3 rings (SSSR count). The Morgan fingerprint density at radius 1 is 0.895 bits per heavy atom. The van der Waals surface area contributed by atoms with Crippen LogP contribution in [0.15, 0.2) is 54.6 Å². The summed E-state index contributed by atoms with van der Waals surface area (Å²) in [4.78, 5) is 2.18. The topological polar surface area (TPSA) is 40.5 Å². The van der Waals surface area contributed by atoms with Crippen LogP contribution in [-0.4, -0.2) is 10.2 Å². The molecule has 2 N–H and O–H groups in total. The highest BCUT2D eigenvalue weighted by atomic mass is 32.9. The van der Waals surface area contributed by atoms with Gasteiger partial charge >= 0.3 is 10.3 Å². The van der Waals surface area contributed by atoms with Crippen LogP contribution < -0.4 is 0 Å². The molecule has 0 fully saturated rings. The maximum absolute atomic E-state index is 9.88. The van der Waals surface area contributed by atoms with Gasteiger partial charge in [-0.1, -0.05) is 18.2 Å². The largest absolute Gasteiger partial charge is 0.508 e. The number of phenols is 2. The number of hydrogen-bond donors (Lipinski definition) is 2. The normalized spacial score (nSPS) is 10.5. The molecule has 4 heteroatoms. The monoisotopic (exact) mass is 287 g/mol. The Morgan fingerprint density at radius 2 is 1.68 bits per heavy atom. The third-order valence-corrected chi connectivity index (χ3v) is 5.25. The van der Waals surface area contributed by atoms with Gasteiger partial charge in [-0.15, -0.1) is 0 Å². The van der Waals surface area contributed by atoms with Crippen LogP contribution in [0.3, 0.4) is 0 Å². The molecule has 1 heterocycles. The second-order valence-electron chi connectivity index (χ2n) is 4.11. The van der Waals surface area contributed by atoms with Crippen LogP contribution in [0.2, 0.25) is 0 Å². The molecule has 94 valence electrons. The summed E-state index contributed by atoms with van der Waals surface area (Å²) in [5, 5.41) is 19.2. The standard InChI is InChI=1S/C15H10O2S2/c16-11-6-7-12(13(17)8-11)15-9-14(18-19-15)10-4-2-1-3-5-10/h1-9H,(H-,16,17)/p+1. The highest BCUT2D eigenvalue weighted by Crippen LogP contribution is 2.41. The van der Waals surface area contributed by atoms with Gasteiger partial charge in [0, 0.05) is 23.3 Å². The van der Waals surface area contributed by atoms with E-state index in [4.69, 9.17) is 0 Å². The van der Waals surface area contributed by atoms with E-state index >= 15 is 0 Å². The molecule has 0 aliphatic rings. The average molecular weight is 287 g/mol. The van der Waals surface area contributed by atoms with Crippen LogP contribution in [0.5, 0.6) is 11.5 Å². The SMILES string of the molecule is Oc1ccc(-c2cc(-c3ccccc3)[s+]s2)c(O)c1. The summed E-state index contributed by atoms with van der Waals surface area (Å²) in [5.74, 6) is 0.179. The van der Waals surface area contributed by atoms with Crippen molar-refractivity contribution in [2.24, 2.45) is 0 Å². The smallest absolute Gasteiger partial charge is 0.301 e. The predicted octanol–water partition coefficient (Wildman–Crippen LogP) is 4.84. The van der Waals surface area contributed by atoms with Gasteiger partial charge in [-0.25, -0.2) is 0 Å². The molecule has 0 unspecified atom stereocenters. The van der Waals surface area contributed by atoms with Gasteiger partial charge in [0.2, 0.25) is 0 Å². The molecule has 19 heavy (non-hydrogen) atoms. The van der Waals surface area contributed by atoms with Crippen molar-refractivity contribution in [2.45, 2.75) is 0 Å². The fourth-order valence-electron chi connectivity index (χ4n) is 1.84. The van der Waals surface area contributed by atoms with Crippen LogP contribution in [0.25, 0.3) is 20.9 Å². The molecule has 2 nitrogen and oxygen atoms in total. The fraction of sp³-hybridized carbons (Fsp3) is 0. The summed E-state index contributed by atoms with van der Waals surface area (Å²) in [6.07, 6.45) is 0. The van der Waals surface area contributed by atoms with E-state index in [0.717, 1.165) is 10.4 Å². The van der Waals surface area contributed by atoms with Gasteiger partial charge < -0.3 is 10.2 Å². The second kappa shape index (κ2) is 4.99. The summed E-state index contributed by atoms with van der Waals surface area (Å²) in [6.45, 7) is 0. The molecule has 0 radical (unpaired) electrons. The van der Waals surface area contributed by atoms with Crippen molar-refractivity contribution in [3.05, 3.63) is 54.6 Å². The van der Waals surface area contributed by atoms with Gasteiger partial charge in [-0.3, -0.25) is 0 Å². The Bertz CT molecular complexity index is 705. The first kappa shape index (κ1) is 12.1. The van der Waals surface area contributed by atoms with Gasteiger partial charge in [0.25, 0.3) is 4.88 Å². The maximum Gasteiger partial charge on any atom is 0.301 e. The van der Waals surface area contributed by atoms with Crippen molar-refractivity contribution >= 4 is 20.7 Å². The molecule has 2 aromatic carbocycles. The van der Waals surface area contributed by atoms with E-state index in [-0.39, 0.29) is 11.5 Å². The predicted molar refractivity (Wildman–Crippen MR) is 80.8 cm³/mol. The minimum atomic E-state index is 0.0739. The quantitative estimate of drug-likeness (QED) is 0.523. The molecule has 1 aromatic heterocycles. The van der Waals surface area contributed by atoms with Crippen molar-refractivity contribution < 1.29 is 10.2 Å². The van der Waals surface area contributed by atoms with Crippen LogP contribution in [-0.2, 0) is 0 Å². The Balaban J connectivity index is 2.02. The average Bonchev–Trinajstić information content (AvgIpc) is 2.89. The summed E-state index contributed by atoms with van der Waals surface area (Å²) >= 11 is 0. The second-order valence-corrected chi connectivity index (χ2v) is 6.32. The Morgan fingerprint density at radius 3 is 2.42 bits per heavy atom.